The van der Waals surface area contributed by atoms with E-state index in [9.17, 15) is 4.79 Å². The average Bonchev–Trinajstić information content (AvgIpc) is 3.16. The lowest BCUT2D eigenvalue weighted by Crippen LogP contribution is -2.48. The van der Waals surface area contributed by atoms with E-state index in [0.29, 0.717) is 12.1 Å². The smallest absolute Gasteiger partial charge is 0.254 e. The lowest BCUT2D eigenvalue weighted by atomic mass is 9.88. The summed E-state index contributed by atoms with van der Waals surface area (Å²) in [4.78, 5) is 16.0. The Balaban J connectivity index is 1.30. The van der Waals surface area contributed by atoms with Crippen molar-refractivity contribution in [3.63, 3.8) is 0 Å². The molecule has 0 radical (unpaired) electrons. The van der Waals surface area contributed by atoms with Crippen LogP contribution >= 0.6 is 0 Å². The summed E-state index contributed by atoms with van der Waals surface area (Å²) in [5.41, 5.74) is 4.17. The van der Waals surface area contributed by atoms with Gasteiger partial charge in [0.2, 0.25) is 0 Å². The molecule has 2 aromatic carbocycles. The SMILES string of the molecule is CC1(Cc2ccc(C(=O)N(C3CCCCC3)C3CCCCC3)cc2)Nc2ccccc2N1. The van der Waals surface area contributed by atoms with Crippen molar-refractivity contribution in [3.8, 4) is 0 Å². The third-order valence-electron chi connectivity index (χ3n) is 7.68. The number of rotatable bonds is 5. The maximum Gasteiger partial charge on any atom is 0.254 e. The quantitative estimate of drug-likeness (QED) is 0.561. The molecule has 1 heterocycles. The average molecular weight is 432 g/mol. The van der Waals surface area contributed by atoms with Crippen molar-refractivity contribution in [2.45, 2.75) is 95.3 Å². The van der Waals surface area contributed by atoms with Crippen molar-refractivity contribution in [1.29, 1.82) is 0 Å². The molecule has 0 aromatic heterocycles. The molecule has 4 heteroatoms. The van der Waals surface area contributed by atoms with Gasteiger partial charge in [0.05, 0.1) is 11.4 Å². The van der Waals surface area contributed by atoms with Crippen LogP contribution in [0.1, 0.15) is 87.1 Å². The van der Waals surface area contributed by atoms with Crippen molar-refractivity contribution in [2.75, 3.05) is 10.6 Å². The fraction of sp³-hybridized carbons (Fsp3) is 0.536. The second kappa shape index (κ2) is 9.17. The summed E-state index contributed by atoms with van der Waals surface area (Å²) in [7, 11) is 0. The van der Waals surface area contributed by atoms with E-state index >= 15 is 0 Å². The van der Waals surface area contributed by atoms with Crippen molar-refractivity contribution in [1.82, 2.24) is 4.90 Å². The Morgan fingerprint density at radius 3 is 1.81 bits per heavy atom. The van der Waals surface area contributed by atoms with Gasteiger partial charge in [0.1, 0.15) is 5.66 Å². The second-order valence-corrected chi connectivity index (χ2v) is 10.3. The van der Waals surface area contributed by atoms with Gasteiger partial charge >= 0.3 is 0 Å². The van der Waals surface area contributed by atoms with Gasteiger partial charge in [0, 0.05) is 24.1 Å². The largest absolute Gasteiger partial charge is 0.361 e. The van der Waals surface area contributed by atoms with Crippen LogP contribution in [0.15, 0.2) is 48.5 Å². The first-order valence-electron chi connectivity index (χ1n) is 12.7. The van der Waals surface area contributed by atoms with Crippen LogP contribution in [0.25, 0.3) is 0 Å². The maximum atomic E-state index is 13.7. The third-order valence-corrected chi connectivity index (χ3v) is 7.68. The van der Waals surface area contributed by atoms with E-state index in [4.69, 9.17) is 0 Å². The molecule has 4 nitrogen and oxygen atoms in total. The van der Waals surface area contributed by atoms with E-state index in [1.807, 2.05) is 0 Å². The molecule has 0 atom stereocenters. The number of carbonyl (C=O) groups excluding carboxylic acids is 1. The summed E-state index contributed by atoms with van der Waals surface area (Å²) in [5, 5.41) is 7.23. The van der Waals surface area contributed by atoms with Crippen LogP contribution in [-0.2, 0) is 6.42 Å². The minimum absolute atomic E-state index is 0.217. The zero-order valence-electron chi connectivity index (χ0n) is 19.4. The molecular weight excluding hydrogens is 394 g/mol. The zero-order chi connectivity index (χ0) is 22.0. The van der Waals surface area contributed by atoms with Crippen molar-refractivity contribution in [3.05, 3.63) is 59.7 Å². The number of nitrogens with zero attached hydrogens (tertiary/aromatic N) is 1. The number of amides is 1. The van der Waals surface area contributed by atoms with E-state index in [0.717, 1.165) is 23.4 Å². The Hall–Kier alpha value is -2.49. The fourth-order valence-electron chi connectivity index (χ4n) is 6.09. The van der Waals surface area contributed by atoms with Gasteiger partial charge in [-0.1, -0.05) is 62.8 Å². The van der Waals surface area contributed by atoms with Gasteiger partial charge in [-0.2, -0.15) is 0 Å². The number of benzene rings is 2. The molecule has 5 rings (SSSR count). The number of para-hydroxylation sites is 2. The van der Waals surface area contributed by atoms with Crippen LogP contribution in [0.4, 0.5) is 11.4 Å². The topological polar surface area (TPSA) is 44.4 Å². The van der Waals surface area contributed by atoms with Crippen LogP contribution in [0.2, 0.25) is 0 Å². The molecule has 0 unspecified atom stereocenters. The minimum Gasteiger partial charge on any atom is -0.361 e. The second-order valence-electron chi connectivity index (χ2n) is 10.3. The minimum atomic E-state index is -0.217. The van der Waals surface area contributed by atoms with E-state index in [2.05, 4.69) is 71.0 Å². The lowest BCUT2D eigenvalue weighted by molar-refractivity contribution is 0.0448. The molecule has 3 aliphatic rings. The summed E-state index contributed by atoms with van der Waals surface area (Å²) in [5.74, 6) is 0.256. The van der Waals surface area contributed by atoms with Gasteiger partial charge in [-0.25, -0.2) is 0 Å². The number of hydrogen-bond donors (Lipinski definition) is 2. The highest BCUT2D eigenvalue weighted by atomic mass is 16.2. The first-order chi connectivity index (χ1) is 15.6. The summed E-state index contributed by atoms with van der Waals surface area (Å²) in [6.07, 6.45) is 13.3. The van der Waals surface area contributed by atoms with Gasteiger partial charge < -0.3 is 15.5 Å². The van der Waals surface area contributed by atoms with Crippen LogP contribution in [0, 0.1) is 0 Å². The van der Waals surface area contributed by atoms with Crippen molar-refractivity contribution >= 4 is 17.3 Å². The van der Waals surface area contributed by atoms with Crippen LogP contribution in [-0.4, -0.2) is 28.6 Å². The zero-order valence-corrected chi connectivity index (χ0v) is 19.4. The van der Waals surface area contributed by atoms with E-state index < -0.39 is 0 Å². The van der Waals surface area contributed by atoms with E-state index in [1.165, 1.54) is 69.8 Å². The highest BCUT2D eigenvalue weighted by molar-refractivity contribution is 5.94. The molecule has 0 saturated heterocycles. The lowest BCUT2D eigenvalue weighted by Gasteiger charge is -2.42. The highest BCUT2D eigenvalue weighted by Gasteiger charge is 2.34. The molecule has 2 fully saturated rings. The van der Waals surface area contributed by atoms with Crippen molar-refractivity contribution < 1.29 is 4.79 Å². The fourth-order valence-corrected chi connectivity index (χ4v) is 6.09. The first-order valence-corrected chi connectivity index (χ1v) is 12.7. The number of carbonyl (C=O) groups is 1. The number of hydrogen-bond acceptors (Lipinski definition) is 3. The molecule has 2 aliphatic carbocycles. The van der Waals surface area contributed by atoms with Gasteiger partial charge in [0.15, 0.2) is 0 Å². The summed E-state index contributed by atoms with van der Waals surface area (Å²) in [6.45, 7) is 2.19. The van der Waals surface area contributed by atoms with Crippen molar-refractivity contribution in [2.24, 2.45) is 0 Å². The summed E-state index contributed by atoms with van der Waals surface area (Å²) in [6, 6.07) is 17.6. The molecule has 0 spiro atoms. The normalized spacial score (nSPS) is 20.8. The Morgan fingerprint density at radius 1 is 0.812 bits per heavy atom. The van der Waals surface area contributed by atoms with Gasteiger partial charge in [-0.15, -0.1) is 0 Å². The monoisotopic (exact) mass is 431 g/mol. The van der Waals surface area contributed by atoms with E-state index in [1.54, 1.807) is 0 Å². The number of nitrogens with one attached hydrogen (secondary N) is 2. The van der Waals surface area contributed by atoms with Crippen LogP contribution in [0.5, 0.6) is 0 Å². The molecule has 1 aliphatic heterocycles. The third kappa shape index (κ3) is 4.51. The number of anilines is 2. The molecule has 1 amide bonds. The van der Waals surface area contributed by atoms with E-state index in [-0.39, 0.29) is 11.6 Å². The summed E-state index contributed by atoms with van der Waals surface area (Å²) >= 11 is 0. The van der Waals surface area contributed by atoms with Gasteiger partial charge in [-0.3, -0.25) is 4.79 Å². The molecule has 0 bridgehead atoms. The Morgan fingerprint density at radius 2 is 1.31 bits per heavy atom. The molecule has 2 N–H and O–H groups in total. The van der Waals surface area contributed by atoms with Gasteiger partial charge in [0.25, 0.3) is 5.91 Å². The van der Waals surface area contributed by atoms with Crippen LogP contribution in [0.3, 0.4) is 0 Å². The Labute approximate surface area is 192 Å². The predicted octanol–water partition coefficient (Wildman–Crippen LogP) is 6.59. The Bertz CT molecular complexity index is 883. The molecule has 2 saturated carbocycles. The molecule has 2 aromatic rings. The predicted molar refractivity (Wildman–Crippen MR) is 132 cm³/mol. The molecular formula is C28H37N3O. The molecule has 170 valence electrons. The molecule has 32 heavy (non-hydrogen) atoms. The highest BCUT2D eigenvalue weighted by Crippen LogP contribution is 2.35. The Kier molecular flexibility index (Phi) is 6.12. The van der Waals surface area contributed by atoms with Crippen LogP contribution < -0.4 is 10.6 Å². The first kappa shape index (κ1) is 21.4. The maximum absolute atomic E-state index is 13.7. The standard InChI is InChI=1S/C28H37N3O/c1-28(29-25-14-8-9-15-26(25)30-28)20-21-16-18-22(19-17-21)27(32)31(23-10-4-2-5-11-23)24-12-6-3-7-13-24/h8-9,14-19,23-24,29-30H,2-7,10-13,20H2,1H3. The summed E-state index contributed by atoms with van der Waals surface area (Å²) < 4.78 is 0. The number of fused-ring (bicyclic) bond motifs is 1. The van der Waals surface area contributed by atoms with Gasteiger partial charge in [-0.05, 0) is 62.4 Å².